The normalized spacial score (nSPS) is 17.2. The highest BCUT2D eigenvalue weighted by Gasteiger charge is 2.18. The van der Waals surface area contributed by atoms with E-state index in [0.717, 1.165) is 54.1 Å². The van der Waals surface area contributed by atoms with Gasteiger partial charge >= 0.3 is 6.03 Å². The number of nitrogens with zero attached hydrogens (tertiary/aromatic N) is 2. The number of anilines is 2. The third-order valence-electron chi connectivity index (χ3n) is 6.46. The maximum Gasteiger partial charge on any atom is 0.319 e. The predicted octanol–water partition coefficient (Wildman–Crippen LogP) is 4.11. The molecule has 2 fully saturated rings. The molecule has 3 N–H and O–H groups in total. The summed E-state index contributed by atoms with van der Waals surface area (Å²) < 4.78 is 11.2. The van der Waals surface area contributed by atoms with Crippen LogP contribution in [0.3, 0.4) is 0 Å². The summed E-state index contributed by atoms with van der Waals surface area (Å²) in [5.74, 6) is 1.29. The van der Waals surface area contributed by atoms with Crippen molar-refractivity contribution in [2.24, 2.45) is 0 Å². The molecule has 4 rings (SSSR count). The monoisotopic (exact) mass is 468 g/mol. The second-order valence-electron chi connectivity index (χ2n) is 9.04. The highest BCUT2D eigenvalue weighted by molar-refractivity contribution is 5.90. The van der Waals surface area contributed by atoms with Gasteiger partial charge in [-0.2, -0.15) is 4.98 Å². The van der Waals surface area contributed by atoms with E-state index in [1.54, 1.807) is 0 Å². The van der Waals surface area contributed by atoms with Crippen molar-refractivity contribution in [3.8, 4) is 17.0 Å². The van der Waals surface area contributed by atoms with E-state index < -0.39 is 0 Å². The first-order valence-corrected chi connectivity index (χ1v) is 12.4. The Morgan fingerprint density at radius 2 is 1.91 bits per heavy atom. The highest BCUT2D eigenvalue weighted by atomic mass is 16.5. The summed E-state index contributed by atoms with van der Waals surface area (Å²) in [4.78, 5) is 19.5. The van der Waals surface area contributed by atoms with Gasteiger partial charge in [0.05, 0.1) is 19.8 Å². The van der Waals surface area contributed by atoms with Crippen molar-refractivity contribution in [1.82, 2.24) is 10.3 Å². The van der Waals surface area contributed by atoms with Crippen LogP contribution in [0.15, 0.2) is 30.3 Å². The number of aryl methyl sites for hydroxylation is 1. The molecular formula is C26H36N4O4. The van der Waals surface area contributed by atoms with Crippen LogP contribution in [0.5, 0.6) is 5.88 Å². The Morgan fingerprint density at radius 1 is 1.15 bits per heavy atom. The molecule has 1 aliphatic carbocycles. The molecule has 34 heavy (non-hydrogen) atoms. The summed E-state index contributed by atoms with van der Waals surface area (Å²) in [6.07, 6.45) is 6.95. The molecule has 1 aromatic heterocycles. The van der Waals surface area contributed by atoms with Crippen LogP contribution >= 0.6 is 0 Å². The van der Waals surface area contributed by atoms with Crippen molar-refractivity contribution >= 4 is 17.5 Å². The molecule has 2 heterocycles. The van der Waals surface area contributed by atoms with Gasteiger partial charge in [-0.3, -0.25) is 0 Å². The Labute approximate surface area is 201 Å². The molecule has 8 heteroatoms. The van der Waals surface area contributed by atoms with Crippen LogP contribution in [0.1, 0.15) is 44.1 Å². The smallest absolute Gasteiger partial charge is 0.319 e. The van der Waals surface area contributed by atoms with E-state index in [0.29, 0.717) is 19.1 Å². The molecule has 0 unspecified atom stereocenters. The number of carbonyl (C=O) groups is 1. The molecule has 0 bridgehead atoms. The molecule has 0 radical (unpaired) electrons. The number of pyridine rings is 1. The number of benzene rings is 1. The molecule has 2 amide bonds. The summed E-state index contributed by atoms with van der Waals surface area (Å²) in [6.45, 7) is 5.00. The zero-order chi connectivity index (χ0) is 23.8. The maximum absolute atomic E-state index is 12.7. The number of amides is 2. The lowest BCUT2D eigenvalue weighted by atomic mass is 10.0. The van der Waals surface area contributed by atoms with E-state index in [2.05, 4.69) is 26.6 Å². The Kier molecular flexibility index (Phi) is 8.60. The van der Waals surface area contributed by atoms with Crippen LogP contribution in [0, 0.1) is 6.92 Å². The molecule has 2 aromatic rings. The minimum Gasteiger partial charge on any atom is -0.475 e. The minimum atomic E-state index is -0.155. The maximum atomic E-state index is 12.7. The van der Waals surface area contributed by atoms with Gasteiger partial charge < -0.3 is 30.1 Å². The average molecular weight is 469 g/mol. The third-order valence-corrected chi connectivity index (χ3v) is 6.46. The quantitative estimate of drug-likeness (QED) is 0.530. The summed E-state index contributed by atoms with van der Waals surface area (Å²) >= 11 is 0. The lowest BCUT2D eigenvalue weighted by molar-refractivity contribution is 0.122. The van der Waals surface area contributed by atoms with Crippen LogP contribution in [0.4, 0.5) is 16.3 Å². The van der Waals surface area contributed by atoms with Gasteiger partial charge in [-0.25, -0.2) is 4.79 Å². The molecule has 1 aliphatic heterocycles. The molecule has 1 saturated heterocycles. The van der Waals surface area contributed by atoms with Crippen LogP contribution in [-0.4, -0.2) is 61.7 Å². The van der Waals surface area contributed by atoms with E-state index in [9.17, 15) is 9.90 Å². The van der Waals surface area contributed by atoms with E-state index >= 15 is 0 Å². The first-order chi connectivity index (χ1) is 16.6. The van der Waals surface area contributed by atoms with Gasteiger partial charge in [-0.1, -0.05) is 31.7 Å². The Balaban J connectivity index is 1.55. The molecule has 1 saturated carbocycles. The predicted molar refractivity (Wildman–Crippen MR) is 134 cm³/mol. The average Bonchev–Trinajstić information content (AvgIpc) is 3.13. The fraction of sp³-hybridized carbons (Fsp3) is 0.538. The SMILES string of the molecule is Cc1ccc(NC(=O)NC2CCCCCC2)cc1-c1cc(OCCO)nc(N2CCOCC2)c1. The van der Waals surface area contributed by atoms with Crippen LogP contribution in [0.2, 0.25) is 0 Å². The van der Waals surface area contributed by atoms with Gasteiger partial charge in [0.2, 0.25) is 5.88 Å². The number of hydrogen-bond donors (Lipinski definition) is 3. The third kappa shape index (κ3) is 6.61. The standard InChI is InChI=1S/C26H36N4O4/c1-19-8-9-22(28-26(32)27-21-6-4-2-3-5-7-21)18-23(19)20-16-24(30-10-13-33-14-11-30)29-25(17-20)34-15-12-31/h8-9,16-18,21,31H,2-7,10-15H2,1H3,(H2,27,28,32). The number of rotatable bonds is 7. The molecule has 1 aromatic carbocycles. The van der Waals surface area contributed by atoms with Crippen molar-refractivity contribution in [3.63, 3.8) is 0 Å². The van der Waals surface area contributed by atoms with E-state index in [1.165, 1.54) is 25.7 Å². The Bertz CT molecular complexity index is 954. The van der Waals surface area contributed by atoms with E-state index in [1.807, 2.05) is 31.2 Å². The topological polar surface area (TPSA) is 96.0 Å². The molecular weight excluding hydrogens is 432 g/mol. The lowest BCUT2D eigenvalue weighted by Crippen LogP contribution is -2.37. The van der Waals surface area contributed by atoms with Crippen LogP contribution < -0.4 is 20.3 Å². The lowest BCUT2D eigenvalue weighted by Gasteiger charge is -2.28. The van der Waals surface area contributed by atoms with Crippen LogP contribution in [0.25, 0.3) is 11.1 Å². The molecule has 2 aliphatic rings. The van der Waals surface area contributed by atoms with Gasteiger partial charge in [0, 0.05) is 30.9 Å². The summed E-state index contributed by atoms with van der Waals surface area (Å²) in [7, 11) is 0. The van der Waals surface area contributed by atoms with Crippen molar-refractivity contribution in [2.75, 3.05) is 49.7 Å². The zero-order valence-corrected chi connectivity index (χ0v) is 20.0. The molecule has 0 spiro atoms. The molecule has 0 atom stereocenters. The Morgan fingerprint density at radius 3 is 2.65 bits per heavy atom. The van der Waals surface area contributed by atoms with Gasteiger partial charge in [0.25, 0.3) is 0 Å². The number of aromatic nitrogens is 1. The van der Waals surface area contributed by atoms with E-state index in [-0.39, 0.29) is 25.3 Å². The number of aliphatic hydroxyl groups is 1. The number of hydrogen-bond acceptors (Lipinski definition) is 6. The summed E-state index contributed by atoms with van der Waals surface area (Å²) in [5.41, 5.74) is 3.78. The van der Waals surface area contributed by atoms with E-state index in [4.69, 9.17) is 9.47 Å². The number of ether oxygens (including phenoxy) is 2. The van der Waals surface area contributed by atoms with Gasteiger partial charge in [0.1, 0.15) is 12.4 Å². The minimum absolute atomic E-state index is 0.0761. The summed E-state index contributed by atoms with van der Waals surface area (Å²) in [5, 5.41) is 15.4. The van der Waals surface area contributed by atoms with Gasteiger partial charge in [-0.15, -0.1) is 0 Å². The fourth-order valence-electron chi connectivity index (χ4n) is 4.61. The summed E-state index contributed by atoms with van der Waals surface area (Å²) in [6, 6.07) is 9.97. The second-order valence-corrected chi connectivity index (χ2v) is 9.04. The highest BCUT2D eigenvalue weighted by Crippen LogP contribution is 2.32. The second kappa shape index (κ2) is 12.0. The fourth-order valence-corrected chi connectivity index (χ4v) is 4.61. The first kappa shape index (κ1) is 24.3. The number of nitrogens with one attached hydrogen (secondary N) is 2. The van der Waals surface area contributed by atoms with Crippen molar-refractivity contribution in [2.45, 2.75) is 51.5 Å². The Hall–Kier alpha value is -2.84. The van der Waals surface area contributed by atoms with Gasteiger partial charge in [-0.05, 0) is 54.7 Å². The first-order valence-electron chi connectivity index (χ1n) is 12.4. The number of carbonyl (C=O) groups excluding carboxylic acids is 1. The van der Waals surface area contributed by atoms with Crippen molar-refractivity contribution < 1.29 is 19.4 Å². The molecule has 184 valence electrons. The number of urea groups is 1. The number of morpholine rings is 1. The molecule has 8 nitrogen and oxygen atoms in total. The van der Waals surface area contributed by atoms with Crippen molar-refractivity contribution in [1.29, 1.82) is 0 Å². The largest absolute Gasteiger partial charge is 0.475 e. The van der Waals surface area contributed by atoms with Crippen LogP contribution in [-0.2, 0) is 4.74 Å². The zero-order valence-electron chi connectivity index (χ0n) is 20.0. The van der Waals surface area contributed by atoms with Gasteiger partial charge in [0.15, 0.2) is 0 Å². The number of aliphatic hydroxyl groups excluding tert-OH is 1. The van der Waals surface area contributed by atoms with Crippen molar-refractivity contribution in [3.05, 3.63) is 35.9 Å².